The van der Waals surface area contributed by atoms with Crippen molar-refractivity contribution in [3.63, 3.8) is 0 Å². The van der Waals surface area contributed by atoms with E-state index in [0.29, 0.717) is 11.8 Å². The lowest BCUT2D eigenvalue weighted by molar-refractivity contribution is 0.158. The fourth-order valence-electron chi connectivity index (χ4n) is 1.50. The Bertz CT molecular complexity index is 248. The van der Waals surface area contributed by atoms with Crippen LogP contribution in [0.15, 0.2) is 0 Å². The topological polar surface area (TPSA) is 46.2 Å². The molecule has 72 valence electrons. The molecule has 1 aliphatic carbocycles. The maximum Gasteiger partial charge on any atom is 0.211 e. The van der Waals surface area contributed by atoms with Crippen LogP contribution in [0.25, 0.3) is 0 Å². The highest BCUT2D eigenvalue weighted by atomic mass is 32.2. The Morgan fingerprint density at radius 1 is 1.42 bits per heavy atom. The molecule has 3 unspecified atom stereocenters. The fraction of sp³-hybridized carbons (Fsp3) is 1.00. The number of nitrogens with one attached hydrogen (secondary N) is 1. The van der Waals surface area contributed by atoms with Gasteiger partial charge in [0.15, 0.2) is 0 Å². The lowest BCUT2D eigenvalue weighted by atomic mass is 9.72. The Kier molecular flexibility index (Phi) is 2.78. The van der Waals surface area contributed by atoms with Crippen molar-refractivity contribution in [3.05, 3.63) is 0 Å². The third kappa shape index (κ3) is 1.98. The van der Waals surface area contributed by atoms with Crippen molar-refractivity contribution in [2.45, 2.75) is 33.2 Å². The summed E-state index contributed by atoms with van der Waals surface area (Å²) in [5.74, 6) is 1.34. The Balaban J connectivity index is 2.45. The second-order valence-corrected chi connectivity index (χ2v) is 5.74. The van der Waals surface area contributed by atoms with Gasteiger partial charge in [0, 0.05) is 6.04 Å². The predicted octanol–water partition coefficient (Wildman–Crippen LogP) is 0.970. The van der Waals surface area contributed by atoms with E-state index in [1.165, 1.54) is 0 Å². The summed E-state index contributed by atoms with van der Waals surface area (Å²) in [4.78, 5) is 0. The van der Waals surface area contributed by atoms with Gasteiger partial charge in [0.25, 0.3) is 0 Å². The van der Waals surface area contributed by atoms with E-state index in [9.17, 15) is 8.42 Å². The minimum absolute atomic E-state index is 0.185. The van der Waals surface area contributed by atoms with Crippen LogP contribution in [0.1, 0.15) is 27.2 Å². The van der Waals surface area contributed by atoms with E-state index in [2.05, 4.69) is 18.6 Å². The quantitative estimate of drug-likeness (QED) is 0.722. The van der Waals surface area contributed by atoms with Gasteiger partial charge in [0.05, 0.1) is 5.75 Å². The zero-order valence-electron chi connectivity index (χ0n) is 7.87. The van der Waals surface area contributed by atoms with E-state index < -0.39 is 10.0 Å². The van der Waals surface area contributed by atoms with Crippen LogP contribution in [0.3, 0.4) is 0 Å². The van der Waals surface area contributed by atoms with E-state index in [-0.39, 0.29) is 11.8 Å². The van der Waals surface area contributed by atoms with Gasteiger partial charge in [-0.2, -0.15) is 0 Å². The molecule has 0 aromatic heterocycles. The highest BCUT2D eigenvalue weighted by Crippen LogP contribution is 2.33. The van der Waals surface area contributed by atoms with Gasteiger partial charge in [-0.25, -0.2) is 13.1 Å². The lowest BCUT2D eigenvalue weighted by Crippen LogP contribution is -2.50. The van der Waals surface area contributed by atoms with Crippen LogP contribution in [0.4, 0.5) is 0 Å². The van der Waals surface area contributed by atoms with Gasteiger partial charge >= 0.3 is 0 Å². The molecule has 3 nitrogen and oxygen atoms in total. The molecule has 1 N–H and O–H groups in total. The zero-order chi connectivity index (χ0) is 9.35. The maximum atomic E-state index is 11.1. The van der Waals surface area contributed by atoms with Crippen LogP contribution < -0.4 is 4.72 Å². The first-order chi connectivity index (χ1) is 5.46. The summed E-state index contributed by atoms with van der Waals surface area (Å²) in [5, 5.41) is 0. The van der Waals surface area contributed by atoms with Crippen molar-refractivity contribution in [3.8, 4) is 0 Å². The van der Waals surface area contributed by atoms with Gasteiger partial charge in [-0.05, 0) is 25.2 Å². The van der Waals surface area contributed by atoms with Gasteiger partial charge in [0.1, 0.15) is 0 Å². The summed E-state index contributed by atoms with van der Waals surface area (Å²) in [7, 11) is -2.99. The van der Waals surface area contributed by atoms with Gasteiger partial charge in [-0.1, -0.05) is 13.8 Å². The monoisotopic (exact) mass is 191 g/mol. The summed E-state index contributed by atoms with van der Waals surface area (Å²) in [6, 6.07) is 0.185. The maximum absolute atomic E-state index is 11.1. The molecule has 1 saturated carbocycles. The Morgan fingerprint density at radius 3 is 2.33 bits per heavy atom. The molecule has 0 spiro atoms. The smallest absolute Gasteiger partial charge is 0.211 e. The summed E-state index contributed by atoms with van der Waals surface area (Å²) >= 11 is 0. The molecule has 12 heavy (non-hydrogen) atoms. The minimum atomic E-state index is -2.99. The molecule has 4 heteroatoms. The van der Waals surface area contributed by atoms with Crippen LogP contribution in [-0.2, 0) is 10.0 Å². The van der Waals surface area contributed by atoms with E-state index in [0.717, 1.165) is 6.42 Å². The van der Waals surface area contributed by atoms with E-state index in [4.69, 9.17) is 0 Å². The number of sulfonamides is 1. The fourth-order valence-corrected chi connectivity index (χ4v) is 2.44. The lowest BCUT2D eigenvalue weighted by Gasteiger charge is -2.40. The van der Waals surface area contributed by atoms with Gasteiger partial charge < -0.3 is 0 Å². The largest absolute Gasteiger partial charge is 0.212 e. The third-order valence-electron chi connectivity index (χ3n) is 2.87. The molecule has 1 aliphatic rings. The van der Waals surface area contributed by atoms with E-state index in [1.54, 1.807) is 6.92 Å². The summed E-state index contributed by atoms with van der Waals surface area (Å²) in [5.41, 5.74) is 0. The molecule has 0 amide bonds. The second-order valence-electron chi connectivity index (χ2n) is 3.70. The number of rotatable bonds is 3. The van der Waals surface area contributed by atoms with E-state index >= 15 is 0 Å². The summed E-state index contributed by atoms with van der Waals surface area (Å²) < 4.78 is 25.0. The number of hydrogen-bond donors (Lipinski definition) is 1. The predicted molar refractivity (Wildman–Crippen MR) is 49.3 cm³/mol. The van der Waals surface area contributed by atoms with E-state index in [1.807, 2.05) is 0 Å². The Morgan fingerprint density at radius 2 is 2.00 bits per heavy atom. The van der Waals surface area contributed by atoms with Crippen LogP contribution in [-0.4, -0.2) is 20.2 Å². The van der Waals surface area contributed by atoms with Crippen molar-refractivity contribution >= 4 is 10.0 Å². The summed E-state index contributed by atoms with van der Waals surface area (Å²) in [6.45, 7) is 5.91. The third-order valence-corrected chi connectivity index (χ3v) is 4.29. The first kappa shape index (κ1) is 9.99. The van der Waals surface area contributed by atoms with Crippen LogP contribution in [0.2, 0.25) is 0 Å². The Hall–Kier alpha value is -0.0900. The van der Waals surface area contributed by atoms with Crippen LogP contribution >= 0.6 is 0 Å². The molecular weight excluding hydrogens is 174 g/mol. The van der Waals surface area contributed by atoms with Crippen LogP contribution in [0.5, 0.6) is 0 Å². The molecule has 3 atom stereocenters. The first-order valence-electron chi connectivity index (χ1n) is 4.46. The average Bonchev–Trinajstić information content (AvgIpc) is 2.03. The molecule has 0 heterocycles. The van der Waals surface area contributed by atoms with Gasteiger partial charge in [0.2, 0.25) is 10.0 Å². The van der Waals surface area contributed by atoms with Crippen molar-refractivity contribution in [2.24, 2.45) is 11.8 Å². The normalized spacial score (nSPS) is 36.1. The van der Waals surface area contributed by atoms with Crippen LogP contribution in [0, 0.1) is 11.8 Å². The van der Waals surface area contributed by atoms with Crippen molar-refractivity contribution in [1.82, 2.24) is 4.72 Å². The Labute approximate surface area is 74.6 Å². The van der Waals surface area contributed by atoms with Crippen molar-refractivity contribution < 1.29 is 8.42 Å². The molecule has 1 rings (SSSR count). The molecule has 1 fully saturated rings. The highest BCUT2D eigenvalue weighted by Gasteiger charge is 2.36. The van der Waals surface area contributed by atoms with Crippen molar-refractivity contribution in [2.75, 3.05) is 5.75 Å². The van der Waals surface area contributed by atoms with Gasteiger partial charge in [-0.15, -0.1) is 0 Å². The average molecular weight is 191 g/mol. The molecule has 0 radical (unpaired) electrons. The first-order valence-corrected chi connectivity index (χ1v) is 6.11. The SMILES string of the molecule is CCS(=O)(=O)NC1CC(C)C1C. The minimum Gasteiger partial charge on any atom is -0.212 e. The second kappa shape index (κ2) is 3.34. The molecule has 0 bridgehead atoms. The zero-order valence-corrected chi connectivity index (χ0v) is 8.69. The molecule has 0 aliphatic heterocycles. The molecule has 0 saturated heterocycles. The van der Waals surface area contributed by atoms with Crippen molar-refractivity contribution in [1.29, 1.82) is 0 Å². The highest BCUT2D eigenvalue weighted by molar-refractivity contribution is 7.89. The molecular formula is C8H17NO2S. The number of hydrogen-bond acceptors (Lipinski definition) is 2. The summed E-state index contributed by atoms with van der Waals surface area (Å²) in [6.07, 6.45) is 0.987. The molecule has 0 aromatic rings. The molecule has 0 aromatic carbocycles. The van der Waals surface area contributed by atoms with Gasteiger partial charge in [-0.3, -0.25) is 0 Å². The standard InChI is InChI=1S/C8H17NO2S/c1-4-12(10,11)9-8-5-6(2)7(8)3/h6-9H,4-5H2,1-3H3.